The average Bonchev–Trinajstić information content (AvgIpc) is 3.21. The number of fused-ring (bicyclic) bond motifs is 1. The van der Waals surface area contributed by atoms with Gasteiger partial charge in [0.25, 0.3) is 5.91 Å². The summed E-state index contributed by atoms with van der Waals surface area (Å²) < 4.78 is 2.05. The number of hydrogen-bond donors (Lipinski definition) is 2. The Balaban J connectivity index is 1.50. The molecule has 1 aliphatic rings. The maximum atomic E-state index is 12.5. The standard InChI is InChI=1S/C23H24N8O/c1-30-13-3-2-5-17(30)22-28-19(20-21(24)25-12-14-31(20)22)15-7-9-16(10-8-15)23(32)27-18-6-4-11-26-29-18/h4,6-12,14,17H,2-3,5,13H2,1H3,(H2,24,25)(H,27,29,32). The average molecular weight is 429 g/mol. The monoisotopic (exact) mass is 428 g/mol. The van der Waals surface area contributed by atoms with Crippen molar-refractivity contribution in [3.05, 3.63) is 66.4 Å². The van der Waals surface area contributed by atoms with Gasteiger partial charge in [0.05, 0.1) is 6.04 Å². The van der Waals surface area contributed by atoms with Gasteiger partial charge in [-0.25, -0.2) is 9.97 Å². The van der Waals surface area contributed by atoms with Crippen LogP contribution in [0.1, 0.15) is 41.5 Å². The van der Waals surface area contributed by atoms with Crippen molar-refractivity contribution in [3.63, 3.8) is 0 Å². The summed E-state index contributed by atoms with van der Waals surface area (Å²) in [5, 5.41) is 10.4. The molecule has 1 atom stereocenters. The van der Waals surface area contributed by atoms with E-state index in [1.54, 1.807) is 36.7 Å². The van der Waals surface area contributed by atoms with Crippen LogP contribution in [0.4, 0.5) is 11.6 Å². The minimum Gasteiger partial charge on any atom is -0.382 e. The molecule has 1 aliphatic heterocycles. The van der Waals surface area contributed by atoms with E-state index < -0.39 is 0 Å². The van der Waals surface area contributed by atoms with Gasteiger partial charge in [-0.3, -0.25) is 14.1 Å². The second kappa shape index (κ2) is 8.35. The third kappa shape index (κ3) is 3.67. The van der Waals surface area contributed by atoms with Crippen molar-refractivity contribution in [1.82, 2.24) is 29.5 Å². The van der Waals surface area contributed by atoms with Crippen LogP contribution in [-0.2, 0) is 0 Å². The van der Waals surface area contributed by atoms with Crippen molar-refractivity contribution < 1.29 is 4.79 Å². The van der Waals surface area contributed by atoms with Crippen LogP contribution in [0.15, 0.2) is 55.0 Å². The van der Waals surface area contributed by atoms with E-state index in [1.165, 1.54) is 12.8 Å². The van der Waals surface area contributed by atoms with Gasteiger partial charge in [-0.2, -0.15) is 5.10 Å². The van der Waals surface area contributed by atoms with Crippen LogP contribution in [0.25, 0.3) is 16.8 Å². The van der Waals surface area contributed by atoms with Crippen molar-refractivity contribution in [1.29, 1.82) is 0 Å². The number of likely N-dealkylation sites (tertiary alicyclic amines) is 1. The number of nitrogens with two attached hydrogens (primary N) is 1. The summed E-state index contributed by atoms with van der Waals surface area (Å²) in [6.45, 7) is 1.05. The van der Waals surface area contributed by atoms with E-state index >= 15 is 0 Å². The number of nitrogen functional groups attached to an aromatic ring is 1. The summed E-state index contributed by atoms with van der Waals surface area (Å²) in [5.41, 5.74) is 9.23. The lowest BCUT2D eigenvalue weighted by Crippen LogP contribution is -2.30. The van der Waals surface area contributed by atoms with E-state index in [4.69, 9.17) is 10.7 Å². The first-order valence-electron chi connectivity index (χ1n) is 10.6. The molecule has 4 heterocycles. The topological polar surface area (TPSA) is 114 Å². The second-order valence-electron chi connectivity index (χ2n) is 7.98. The zero-order valence-electron chi connectivity index (χ0n) is 17.8. The van der Waals surface area contributed by atoms with E-state index in [2.05, 4.69) is 36.8 Å². The Morgan fingerprint density at radius 1 is 1.16 bits per heavy atom. The Hall–Kier alpha value is -3.85. The van der Waals surface area contributed by atoms with E-state index in [0.717, 1.165) is 35.6 Å². The second-order valence-corrected chi connectivity index (χ2v) is 7.98. The van der Waals surface area contributed by atoms with Crippen LogP contribution in [0.3, 0.4) is 0 Å². The zero-order chi connectivity index (χ0) is 22.1. The van der Waals surface area contributed by atoms with Crippen LogP contribution in [0, 0.1) is 0 Å². The highest BCUT2D eigenvalue weighted by Crippen LogP contribution is 2.35. The van der Waals surface area contributed by atoms with Gasteiger partial charge in [0, 0.05) is 29.7 Å². The number of imidazole rings is 1. The first-order chi connectivity index (χ1) is 15.6. The van der Waals surface area contributed by atoms with E-state index in [9.17, 15) is 4.79 Å². The molecule has 1 amide bonds. The van der Waals surface area contributed by atoms with Crippen molar-refractivity contribution in [2.45, 2.75) is 25.3 Å². The van der Waals surface area contributed by atoms with Gasteiger partial charge < -0.3 is 11.1 Å². The van der Waals surface area contributed by atoms with E-state index in [0.29, 0.717) is 17.2 Å². The molecule has 5 rings (SSSR count). The normalized spacial score (nSPS) is 16.8. The molecule has 0 spiro atoms. The molecule has 1 unspecified atom stereocenters. The summed E-state index contributed by atoms with van der Waals surface area (Å²) in [6, 6.07) is 10.9. The van der Waals surface area contributed by atoms with E-state index in [1.807, 2.05) is 18.3 Å². The van der Waals surface area contributed by atoms with Gasteiger partial charge in [0.15, 0.2) is 5.82 Å². The number of piperidine rings is 1. The molecule has 1 fully saturated rings. The van der Waals surface area contributed by atoms with Gasteiger partial charge in [-0.15, -0.1) is 5.10 Å². The van der Waals surface area contributed by atoms with Crippen LogP contribution >= 0.6 is 0 Å². The molecule has 1 saturated heterocycles. The molecule has 32 heavy (non-hydrogen) atoms. The van der Waals surface area contributed by atoms with E-state index in [-0.39, 0.29) is 11.9 Å². The van der Waals surface area contributed by atoms with Crippen LogP contribution in [-0.4, -0.2) is 49.0 Å². The molecule has 1 aromatic carbocycles. The summed E-state index contributed by atoms with van der Waals surface area (Å²) in [6.07, 6.45) is 8.61. The molecule has 9 heteroatoms. The zero-order valence-corrected chi connectivity index (χ0v) is 17.8. The van der Waals surface area contributed by atoms with Gasteiger partial charge in [-0.05, 0) is 50.7 Å². The van der Waals surface area contributed by atoms with Crippen molar-refractivity contribution in [2.24, 2.45) is 0 Å². The number of aromatic nitrogens is 5. The number of anilines is 2. The fourth-order valence-electron chi connectivity index (χ4n) is 4.26. The molecule has 162 valence electrons. The van der Waals surface area contributed by atoms with Crippen molar-refractivity contribution >= 4 is 23.1 Å². The van der Waals surface area contributed by atoms with Crippen LogP contribution in [0.2, 0.25) is 0 Å². The summed E-state index contributed by atoms with van der Waals surface area (Å²) >= 11 is 0. The lowest BCUT2D eigenvalue weighted by atomic mass is 10.0. The Labute approximate surface area is 185 Å². The summed E-state index contributed by atoms with van der Waals surface area (Å²) in [4.78, 5) is 24.2. The number of hydrogen-bond acceptors (Lipinski definition) is 7. The number of amides is 1. The quantitative estimate of drug-likeness (QED) is 0.513. The van der Waals surface area contributed by atoms with Crippen molar-refractivity contribution in [2.75, 3.05) is 24.6 Å². The number of rotatable bonds is 4. The minimum absolute atomic E-state index is 0.226. The third-order valence-corrected chi connectivity index (χ3v) is 5.91. The Morgan fingerprint density at radius 3 is 2.75 bits per heavy atom. The number of carbonyl (C=O) groups excluding carboxylic acids is 1. The molecule has 0 saturated carbocycles. The molecule has 4 aromatic rings. The number of carbonyl (C=O) groups is 1. The first-order valence-corrected chi connectivity index (χ1v) is 10.6. The maximum absolute atomic E-state index is 12.5. The molecule has 3 N–H and O–H groups in total. The fourth-order valence-corrected chi connectivity index (χ4v) is 4.26. The molecule has 0 radical (unpaired) electrons. The number of nitrogens with zero attached hydrogens (tertiary/aromatic N) is 6. The van der Waals surface area contributed by atoms with Crippen LogP contribution < -0.4 is 11.1 Å². The Morgan fingerprint density at radius 2 is 2.00 bits per heavy atom. The molecule has 0 bridgehead atoms. The predicted octanol–water partition coefficient (Wildman–Crippen LogP) is 3.18. The maximum Gasteiger partial charge on any atom is 0.256 e. The van der Waals surface area contributed by atoms with Gasteiger partial charge >= 0.3 is 0 Å². The predicted molar refractivity (Wildman–Crippen MR) is 122 cm³/mol. The third-order valence-electron chi connectivity index (χ3n) is 5.91. The minimum atomic E-state index is -0.252. The van der Waals surface area contributed by atoms with Crippen molar-refractivity contribution in [3.8, 4) is 11.3 Å². The van der Waals surface area contributed by atoms with Gasteiger partial charge in [0.2, 0.25) is 0 Å². The summed E-state index contributed by atoms with van der Waals surface area (Å²) in [5.74, 6) is 1.55. The van der Waals surface area contributed by atoms with Gasteiger partial charge in [0.1, 0.15) is 22.9 Å². The Bertz CT molecular complexity index is 1250. The highest BCUT2D eigenvalue weighted by Gasteiger charge is 2.27. The molecule has 9 nitrogen and oxygen atoms in total. The molecule has 0 aliphatic carbocycles. The molecule has 3 aromatic heterocycles. The number of benzene rings is 1. The number of nitrogens with one attached hydrogen (secondary N) is 1. The molecular formula is C23H24N8O. The van der Waals surface area contributed by atoms with Crippen LogP contribution in [0.5, 0.6) is 0 Å². The highest BCUT2D eigenvalue weighted by molar-refractivity contribution is 6.04. The summed E-state index contributed by atoms with van der Waals surface area (Å²) in [7, 11) is 2.14. The smallest absolute Gasteiger partial charge is 0.256 e. The Kier molecular flexibility index (Phi) is 5.24. The lowest BCUT2D eigenvalue weighted by Gasteiger charge is -2.31. The fraction of sp³-hybridized carbons (Fsp3) is 0.261. The SMILES string of the molecule is CN1CCCCC1c1nc(-c2ccc(C(=O)Nc3cccnn3)cc2)c2c(N)nccn12. The largest absolute Gasteiger partial charge is 0.382 e. The molecular weight excluding hydrogens is 404 g/mol. The first kappa shape index (κ1) is 20.1. The lowest BCUT2D eigenvalue weighted by molar-refractivity contribution is 0.102. The van der Waals surface area contributed by atoms with Gasteiger partial charge in [-0.1, -0.05) is 18.6 Å². The highest BCUT2D eigenvalue weighted by atomic mass is 16.1.